The van der Waals surface area contributed by atoms with Crippen molar-refractivity contribution >= 4 is 28.3 Å². The van der Waals surface area contributed by atoms with Crippen LogP contribution in [0, 0.1) is 6.92 Å². The maximum absolute atomic E-state index is 12.9. The van der Waals surface area contributed by atoms with Crippen molar-refractivity contribution in [2.75, 3.05) is 20.1 Å². The van der Waals surface area contributed by atoms with Crippen LogP contribution in [0.25, 0.3) is 0 Å². The highest BCUT2D eigenvalue weighted by Gasteiger charge is 2.26. The number of benzene rings is 2. The zero-order valence-electron chi connectivity index (χ0n) is 16.0. The predicted octanol–water partition coefficient (Wildman–Crippen LogP) is 2.33. The normalized spacial score (nSPS) is 16.4. The third kappa shape index (κ3) is 5.11. The van der Waals surface area contributed by atoms with Gasteiger partial charge in [0.25, 0.3) is 5.91 Å². The van der Waals surface area contributed by atoms with Gasteiger partial charge in [0.2, 0.25) is 10.0 Å². The van der Waals surface area contributed by atoms with E-state index >= 15 is 0 Å². The van der Waals surface area contributed by atoms with Crippen LogP contribution in [0.1, 0.15) is 27.9 Å². The van der Waals surface area contributed by atoms with Crippen LogP contribution in [0.15, 0.2) is 53.4 Å². The van der Waals surface area contributed by atoms with Crippen molar-refractivity contribution in [2.45, 2.75) is 30.8 Å². The van der Waals surface area contributed by atoms with Crippen LogP contribution in [0.3, 0.4) is 0 Å². The van der Waals surface area contributed by atoms with Gasteiger partial charge in [0.05, 0.1) is 4.90 Å². The molecule has 1 unspecified atom stereocenters. The third-order valence-electron chi connectivity index (χ3n) is 4.96. The molecule has 1 aliphatic heterocycles. The summed E-state index contributed by atoms with van der Waals surface area (Å²) in [4.78, 5) is 14.7. The molecule has 3 rings (SSSR count). The number of rotatable bonds is 6. The Labute approximate surface area is 172 Å². The summed E-state index contributed by atoms with van der Waals surface area (Å²) < 4.78 is 27.9. The number of nitrogens with one attached hydrogen (secondary N) is 2. The number of carbonyl (C=O) groups excluding carboxylic acids is 1. The Morgan fingerprint density at radius 2 is 1.93 bits per heavy atom. The van der Waals surface area contributed by atoms with Gasteiger partial charge < -0.3 is 10.2 Å². The summed E-state index contributed by atoms with van der Waals surface area (Å²) in [6, 6.07) is 14.2. The average molecular weight is 424 g/mol. The van der Waals surface area contributed by atoms with Crippen LogP contribution in [0.2, 0.25) is 0 Å². The lowest BCUT2D eigenvalue weighted by atomic mass is 10.1. The number of halogens is 1. The lowest BCUT2D eigenvalue weighted by molar-refractivity contribution is 0.0743. The van der Waals surface area contributed by atoms with Crippen LogP contribution in [0.4, 0.5) is 0 Å². The van der Waals surface area contributed by atoms with E-state index < -0.39 is 10.0 Å². The molecule has 1 heterocycles. The molecule has 28 heavy (non-hydrogen) atoms. The highest BCUT2D eigenvalue weighted by atomic mass is 35.5. The Kier molecular flexibility index (Phi) is 7.60. The van der Waals surface area contributed by atoms with E-state index in [1.807, 2.05) is 37.3 Å². The van der Waals surface area contributed by atoms with E-state index in [9.17, 15) is 13.2 Å². The van der Waals surface area contributed by atoms with E-state index in [0.29, 0.717) is 5.56 Å². The van der Waals surface area contributed by atoms with E-state index in [2.05, 4.69) is 10.0 Å². The van der Waals surface area contributed by atoms with Crippen molar-refractivity contribution in [1.29, 1.82) is 0 Å². The molecule has 0 spiro atoms. The first-order valence-corrected chi connectivity index (χ1v) is 10.5. The maximum Gasteiger partial charge on any atom is 0.254 e. The van der Waals surface area contributed by atoms with E-state index in [4.69, 9.17) is 0 Å². The minimum atomic E-state index is -3.71. The quantitative estimate of drug-likeness (QED) is 0.747. The number of hydrogen-bond donors (Lipinski definition) is 2. The summed E-state index contributed by atoms with van der Waals surface area (Å²) in [6.45, 7) is 3.67. The fourth-order valence-corrected chi connectivity index (χ4v) is 4.23. The molecular formula is C20H26ClN3O3S. The van der Waals surface area contributed by atoms with Crippen LogP contribution < -0.4 is 10.0 Å². The van der Waals surface area contributed by atoms with Crippen molar-refractivity contribution in [2.24, 2.45) is 0 Å². The first-order valence-electron chi connectivity index (χ1n) is 9.00. The second kappa shape index (κ2) is 9.52. The summed E-state index contributed by atoms with van der Waals surface area (Å²) in [5.41, 5.74) is 2.06. The number of sulfonamides is 1. The molecule has 2 aromatic carbocycles. The lowest BCUT2D eigenvalue weighted by Crippen LogP contribution is -2.38. The Hall–Kier alpha value is -1.93. The van der Waals surface area contributed by atoms with Gasteiger partial charge in [0, 0.05) is 31.7 Å². The lowest BCUT2D eigenvalue weighted by Gasteiger charge is -2.24. The van der Waals surface area contributed by atoms with Gasteiger partial charge in [-0.15, -0.1) is 12.4 Å². The van der Waals surface area contributed by atoms with Crippen molar-refractivity contribution in [3.8, 4) is 0 Å². The molecule has 2 aromatic rings. The molecule has 1 aliphatic rings. The number of hydrogen-bond acceptors (Lipinski definition) is 4. The first kappa shape index (κ1) is 22.4. The molecule has 8 heteroatoms. The largest absolute Gasteiger partial charge is 0.337 e. The number of aryl methyl sites for hydroxylation is 1. The molecule has 6 nitrogen and oxygen atoms in total. The second-order valence-corrected chi connectivity index (χ2v) is 8.62. The molecule has 0 aliphatic carbocycles. The molecule has 152 valence electrons. The minimum Gasteiger partial charge on any atom is -0.337 e. The van der Waals surface area contributed by atoms with Crippen LogP contribution in [-0.4, -0.2) is 45.4 Å². The smallest absolute Gasteiger partial charge is 0.254 e. The predicted molar refractivity (Wildman–Crippen MR) is 112 cm³/mol. The van der Waals surface area contributed by atoms with Crippen molar-refractivity contribution in [3.63, 3.8) is 0 Å². The summed E-state index contributed by atoms with van der Waals surface area (Å²) in [7, 11) is -1.94. The van der Waals surface area contributed by atoms with E-state index in [0.717, 1.165) is 30.6 Å². The Bertz CT molecular complexity index is 914. The van der Waals surface area contributed by atoms with Gasteiger partial charge in [-0.05, 0) is 43.1 Å². The molecule has 1 fully saturated rings. The van der Waals surface area contributed by atoms with E-state index in [1.54, 1.807) is 18.0 Å². The van der Waals surface area contributed by atoms with Crippen molar-refractivity contribution in [3.05, 3.63) is 65.2 Å². The zero-order chi connectivity index (χ0) is 19.4. The summed E-state index contributed by atoms with van der Waals surface area (Å²) in [5.74, 6) is -0.152. The van der Waals surface area contributed by atoms with Crippen LogP contribution >= 0.6 is 12.4 Å². The number of carbonyl (C=O) groups is 1. The molecule has 1 saturated heterocycles. The number of nitrogens with zero attached hydrogens (tertiary/aromatic N) is 1. The first-order chi connectivity index (χ1) is 12.9. The molecular weight excluding hydrogens is 398 g/mol. The molecule has 1 amide bonds. The fourth-order valence-electron chi connectivity index (χ4n) is 3.18. The standard InChI is InChI=1S/C20H25N3O3S.ClH/c1-15-8-9-18(27(25,26)22-13-16-6-4-3-5-7-16)12-19(15)20(24)23(2)17-10-11-21-14-17;/h3-9,12,17,21-22H,10-11,13-14H2,1-2H3;1H. The number of likely N-dealkylation sites (N-methyl/N-ethyl adjacent to an activating group) is 1. The van der Waals surface area contributed by atoms with Crippen molar-refractivity contribution < 1.29 is 13.2 Å². The summed E-state index contributed by atoms with van der Waals surface area (Å²) >= 11 is 0. The number of amides is 1. The molecule has 0 bridgehead atoms. The maximum atomic E-state index is 12.9. The summed E-state index contributed by atoms with van der Waals surface area (Å²) in [5, 5.41) is 3.24. The average Bonchev–Trinajstić information content (AvgIpc) is 3.21. The topological polar surface area (TPSA) is 78.5 Å². The Balaban J connectivity index is 0.00000280. The van der Waals surface area contributed by atoms with Gasteiger partial charge in [-0.2, -0.15) is 0 Å². The van der Waals surface area contributed by atoms with E-state index in [-0.39, 0.29) is 35.8 Å². The van der Waals surface area contributed by atoms with Gasteiger partial charge >= 0.3 is 0 Å². The molecule has 2 N–H and O–H groups in total. The fraction of sp³-hybridized carbons (Fsp3) is 0.350. The second-order valence-electron chi connectivity index (χ2n) is 6.85. The van der Waals surface area contributed by atoms with Crippen LogP contribution in [-0.2, 0) is 16.6 Å². The molecule has 0 aromatic heterocycles. The van der Waals surface area contributed by atoms with Crippen LogP contribution in [0.5, 0.6) is 0 Å². The zero-order valence-corrected chi connectivity index (χ0v) is 17.6. The molecule has 1 atom stereocenters. The molecule has 0 saturated carbocycles. The van der Waals surface area contributed by atoms with Crippen molar-refractivity contribution in [1.82, 2.24) is 14.9 Å². The van der Waals surface area contributed by atoms with Gasteiger partial charge in [-0.25, -0.2) is 13.1 Å². The van der Waals surface area contributed by atoms with Gasteiger partial charge in [0.1, 0.15) is 0 Å². The summed E-state index contributed by atoms with van der Waals surface area (Å²) in [6.07, 6.45) is 0.901. The third-order valence-corrected chi connectivity index (χ3v) is 6.36. The van der Waals surface area contributed by atoms with Gasteiger partial charge in [-0.1, -0.05) is 36.4 Å². The Morgan fingerprint density at radius 3 is 2.57 bits per heavy atom. The van der Waals surface area contributed by atoms with Gasteiger partial charge in [0.15, 0.2) is 0 Å². The monoisotopic (exact) mass is 423 g/mol. The van der Waals surface area contributed by atoms with Gasteiger partial charge in [-0.3, -0.25) is 4.79 Å². The van der Waals surface area contributed by atoms with E-state index in [1.165, 1.54) is 12.1 Å². The highest BCUT2D eigenvalue weighted by Crippen LogP contribution is 2.19. The minimum absolute atomic E-state index is 0. The SMILES string of the molecule is Cc1ccc(S(=O)(=O)NCc2ccccc2)cc1C(=O)N(C)C1CCNC1.Cl. The molecule has 0 radical (unpaired) electrons. The highest BCUT2D eigenvalue weighted by molar-refractivity contribution is 7.89. The Morgan fingerprint density at radius 1 is 1.21 bits per heavy atom.